The van der Waals surface area contributed by atoms with Gasteiger partial charge in [-0.3, -0.25) is 4.79 Å². The molecular weight excluding hydrogens is 367 g/mol. The van der Waals surface area contributed by atoms with Crippen LogP contribution in [0, 0.1) is 23.4 Å². The van der Waals surface area contributed by atoms with Gasteiger partial charge in [-0.2, -0.15) is 0 Å². The Balaban J connectivity index is 1.67. The molecule has 7 heteroatoms. The Hall–Kier alpha value is -2.80. The van der Waals surface area contributed by atoms with Crippen LogP contribution in [0.4, 0.5) is 13.2 Å². The predicted molar refractivity (Wildman–Crippen MR) is 101 cm³/mol. The molecule has 1 aromatic heterocycles. The molecule has 0 atom stereocenters. The molecule has 1 amide bonds. The number of nitrogens with two attached hydrogens (primary N) is 1. The minimum atomic E-state index is -0.649. The predicted octanol–water partition coefficient (Wildman–Crippen LogP) is 3.82. The number of H-pyrrole nitrogens is 1. The number of carbonyl (C=O) groups excluding carboxylic acids is 1. The number of carbonyl (C=O) groups is 1. The SMILES string of the molecule is NC(=O)CNC[C@H]1C[C@H](c2c(-c3ccc(F)cc3)[nH]c3c(F)cc(F)cc32)C1. The number of nitrogens with one attached hydrogen (secondary N) is 2. The molecule has 4 rings (SSSR count). The fraction of sp³-hybridized carbons (Fsp3) is 0.286. The average molecular weight is 387 g/mol. The van der Waals surface area contributed by atoms with Crippen LogP contribution >= 0.6 is 0 Å². The Morgan fingerprint density at radius 3 is 2.50 bits per heavy atom. The summed E-state index contributed by atoms with van der Waals surface area (Å²) in [6.07, 6.45) is 1.65. The minimum Gasteiger partial charge on any atom is -0.369 e. The molecule has 1 heterocycles. The maximum Gasteiger partial charge on any atom is 0.231 e. The van der Waals surface area contributed by atoms with Crippen molar-refractivity contribution in [2.75, 3.05) is 13.1 Å². The lowest BCUT2D eigenvalue weighted by atomic mass is 9.70. The Morgan fingerprint density at radius 1 is 1.11 bits per heavy atom. The lowest BCUT2D eigenvalue weighted by Crippen LogP contribution is -2.36. The molecule has 0 bridgehead atoms. The van der Waals surface area contributed by atoms with E-state index < -0.39 is 17.5 Å². The van der Waals surface area contributed by atoms with Crippen molar-refractivity contribution in [3.05, 3.63) is 59.4 Å². The van der Waals surface area contributed by atoms with E-state index in [1.54, 1.807) is 12.1 Å². The van der Waals surface area contributed by atoms with Gasteiger partial charge in [0.2, 0.25) is 5.91 Å². The number of aromatic amines is 1. The first-order chi connectivity index (χ1) is 13.4. The molecule has 0 aliphatic heterocycles. The van der Waals surface area contributed by atoms with E-state index in [-0.39, 0.29) is 23.8 Å². The average Bonchev–Trinajstić information content (AvgIpc) is 2.96. The van der Waals surface area contributed by atoms with Gasteiger partial charge in [-0.15, -0.1) is 0 Å². The molecule has 28 heavy (non-hydrogen) atoms. The number of halogens is 3. The topological polar surface area (TPSA) is 70.9 Å². The highest BCUT2D eigenvalue weighted by atomic mass is 19.1. The van der Waals surface area contributed by atoms with Crippen molar-refractivity contribution in [3.63, 3.8) is 0 Å². The monoisotopic (exact) mass is 387 g/mol. The summed E-state index contributed by atoms with van der Waals surface area (Å²) in [5.41, 5.74) is 7.65. The molecule has 1 fully saturated rings. The van der Waals surface area contributed by atoms with Gasteiger partial charge in [-0.1, -0.05) is 0 Å². The van der Waals surface area contributed by atoms with Crippen molar-refractivity contribution >= 4 is 16.8 Å². The number of amides is 1. The molecule has 0 spiro atoms. The van der Waals surface area contributed by atoms with Crippen molar-refractivity contribution in [1.82, 2.24) is 10.3 Å². The Labute approximate surface area is 159 Å². The maximum absolute atomic E-state index is 14.3. The summed E-state index contributed by atoms with van der Waals surface area (Å²) in [4.78, 5) is 13.9. The van der Waals surface area contributed by atoms with Crippen LogP contribution in [0.15, 0.2) is 36.4 Å². The first-order valence-corrected chi connectivity index (χ1v) is 9.18. The van der Waals surface area contributed by atoms with E-state index in [2.05, 4.69) is 10.3 Å². The van der Waals surface area contributed by atoms with Gasteiger partial charge in [0, 0.05) is 11.5 Å². The quantitative estimate of drug-likeness (QED) is 0.602. The van der Waals surface area contributed by atoms with Crippen LogP contribution in [0.25, 0.3) is 22.2 Å². The van der Waals surface area contributed by atoms with Gasteiger partial charge in [-0.25, -0.2) is 13.2 Å². The molecule has 2 aromatic carbocycles. The summed E-state index contributed by atoms with van der Waals surface area (Å²) >= 11 is 0. The van der Waals surface area contributed by atoms with E-state index in [1.165, 1.54) is 18.2 Å². The number of hydrogen-bond acceptors (Lipinski definition) is 2. The highest BCUT2D eigenvalue weighted by Gasteiger charge is 2.34. The van der Waals surface area contributed by atoms with Crippen molar-refractivity contribution in [2.45, 2.75) is 18.8 Å². The molecule has 1 aliphatic rings. The standard InChI is InChI=1S/C21H20F3N3O/c22-14-3-1-12(2-4-14)20-19(13-5-11(6-13)9-26-10-18(25)28)16-7-15(23)8-17(24)21(16)27-20/h1-4,7-8,11,13,26-27H,5-6,9-10H2,(H2,25,28)/t11-,13-. The number of fused-ring (bicyclic) bond motifs is 1. The van der Waals surface area contributed by atoms with Gasteiger partial charge in [0.1, 0.15) is 17.5 Å². The summed E-state index contributed by atoms with van der Waals surface area (Å²) in [5.74, 6) is -1.57. The lowest BCUT2D eigenvalue weighted by Gasteiger charge is -2.36. The Kier molecular flexibility index (Phi) is 4.85. The van der Waals surface area contributed by atoms with Crippen molar-refractivity contribution in [1.29, 1.82) is 0 Å². The largest absolute Gasteiger partial charge is 0.369 e. The van der Waals surface area contributed by atoms with Gasteiger partial charge in [0.25, 0.3) is 0 Å². The van der Waals surface area contributed by atoms with Crippen LogP contribution in [0.2, 0.25) is 0 Å². The number of hydrogen-bond donors (Lipinski definition) is 3. The zero-order chi connectivity index (χ0) is 19.8. The van der Waals surface area contributed by atoms with Crippen LogP contribution in [0.1, 0.15) is 24.3 Å². The van der Waals surface area contributed by atoms with E-state index in [0.717, 1.165) is 30.0 Å². The molecular formula is C21H20F3N3O. The van der Waals surface area contributed by atoms with E-state index in [9.17, 15) is 18.0 Å². The fourth-order valence-electron chi connectivity index (χ4n) is 4.05. The molecule has 1 saturated carbocycles. The van der Waals surface area contributed by atoms with Gasteiger partial charge >= 0.3 is 0 Å². The Bertz CT molecular complexity index is 1020. The van der Waals surface area contributed by atoms with Crippen LogP contribution in [-0.2, 0) is 4.79 Å². The minimum absolute atomic E-state index is 0.121. The smallest absolute Gasteiger partial charge is 0.231 e. The normalized spacial score (nSPS) is 19.0. The number of rotatable bonds is 6. The third-order valence-electron chi connectivity index (χ3n) is 5.37. The lowest BCUT2D eigenvalue weighted by molar-refractivity contribution is -0.117. The highest BCUT2D eigenvalue weighted by Crippen LogP contribution is 2.48. The second-order valence-corrected chi connectivity index (χ2v) is 7.36. The Morgan fingerprint density at radius 2 is 1.82 bits per heavy atom. The van der Waals surface area contributed by atoms with Crippen molar-refractivity contribution in [3.8, 4) is 11.3 Å². The van der Waals surface area contributed by atoms with E-state index >= 15 is 0 Å². The molecule has 4 N–H and O–H groups in total. The van der Waals surface area contributed by atoms with Crippen LogP contribution in [-0.4, -0.2) is 24.0 Å². The molecule has 3 aromatic rings. The summed E-state index contributed by atoms with van der Waals surface area (Å²) in [6.45, 7) is 0.794. The first kappa shape index (κ1) is 18.6. The van der Waals surface area contributed by atoms with Crippen molar-refractivity contribution in [2.24, 2.45) is 11.7 Å². The van der Waals surface area contributed by atoms with Crippen LogP contribution in [0.5, 0.6) is 0 Å². The first-order valence-electron chi connectivity index (χ1n) is 9.18. The van der Waals surface area contributed by atoms with E-state index in [4.69, 9.17) is 5.73 Å². The van der Waals surface area contributed by atoms with Crippen molar-refractivity contribution < 1.29 is 18.0 Å². The van der Waals surface area contributed by atoms with Gasteiger partial charge in [-0.05, 0) is 72.7 Å². The zero-order valence-electron chi connectivity index (χ0n) is 15.1. The third kappa shape index (κ3) is 3.49. The molecule has 0 saturated heterocycles. The summed E-state index contributed by atoms with van der Waals surface area (Å²) in [7, 11) is 0. The van der Waals surface area contributed by atoms with Gasteiger partial charge < -0.3 is 16.0 Å². The van der Waals surface area contributed by atoms with E-state index in [1.807, 2.05) is 0 Å². The third-order valence-corrected chi connectivity index (χ3v) is 5.37. The number of primary amides is 1. The molecule has 1 aliphatic carbocycles. The second kappa shape index (κ2) is 7.31. The summed E-state index contributed by atoms with van der Waals surface area (Å²) in [6, 6.07) is 8.15. The zero-order valence-corrected chi connectivity index (χ0v) is 15.1. The maximum atomic E-state index is 14.3. The summed E-state index contributed by atoms with van der Waals surface area (Å²) < 4.78 is 41.6. The molecule has 146 valence electrons. The second-order valence-electron chi connectivity index (χ2n) is 7.36. The van der Waals surface area contributed by atoms with Gasteiger partial charge in [0.05, 0.1) is 17.8 Å². The number of benzene rings is 2. The molecule has 4 nitrogen and oxygen atoms in total. The van der Waals surface area contributed by atoms with Crippen LogP contribution in [0.3, 0.4) is 0 Å². The number of aromatic nitrogens is 1. The fourth-order valence-corrected chi connectivity index (χ4v) is 4.05. The molecule has 0 radical (unpaired) electrons. The highest BCUT2D eigenvalue weighted by molar-refractivity contribution is 5.92. The summed E-state index contributed by atoms with van der Waals surface area (Å²) in [5, 5.41) is 3.54. The van der Waals surface area contributed by atoms with Crippen LogP contribution < -0.4 is 11.1 Å². The van der Waals surface area contributed by atoms with E-state index in [0.29, 0.717) is 23.5 Å². The van der Waals surface area contributed by atoms with Gasteiger partial charge in [0.15, 0.2) is 0 Å². The molecule has 0 unspecified atom stereocenters.